The van der Waals surface area contributed by atoms with Crippen LogP contribution >= 0.6 is 34.8 Å². The van der Waals surface area contributed by atoms with Crippen LogP contribution in [0, 0.1) is 0 Å². The second kappa shape index (κ2) is 7.10. The summed E-state index contributed by atoms with van der Waals surface area (Å²) >= 11 is 18.3. The molecule has 0 aromatic heterocycles. The summed E-state index contributed by atoms with van der Waals surface area (Å²) in [5, 5.41) is 2.21. The lowest BCUT2D eigenvalue weighted by molar-refractivity contribution is 0.250. The van der Waals surface area contributed by atoms with Crippen molar-refractivity contribution < 1.29 is 0 Å². The molecule has 5 heteroatoms. The third-order valence-electron chi connectivity index (χ3n) is 3.95. The van der Waals surface area contributed by atoms with Crippen LogP contribution in [0.2, 0.25) is 15.1 Å². The quantitative estimate of drug-likeness (QED) is 0.767. The zero-order valence-electron chi connectivity index (χ0n) is 12.1. The van der Waals surface area contributed by atoms with Gasteiger partial charge in [-0.25, -0.2) is 0 Å². The molecule has 0 bridgehead atoms. The fourth-order valence-corrected chi connectivity index (χ4v) is 3.38. The van der Waals surface area contributed by atoms with Crippen LogP contribution in [0.1, 0.15) is 5.56 Å². The molecule has 0 spiro atoms. The molecule has 1 saturated heterocycles. The number of anilines is 1. The van der Waals surface area contributed by atoms with Gasteiger partial charge in [0.05, 0.1) is 0 Å². The Bertz CT molecular complexity index is 652. The Labute approximate surface area is 146 Å². The predicted octanol–water partition coefficient (Wildman–Crippen LogP) is 4.97. The first-order valence-electron chi connectivity index (χ1n) is 7.28. The molecule has 0 N–H and O–H groups in total. The van der Waals surface area contributed by atoms with Crippen LogP contribution in [0.4, 0.5) is 5.69 Å². The molecule has 2 nitrogen and oxygen atoms in total. The van der Waals surface area contributed by atoms with Gasteiger partial charge in [-0.3, -0.25) is 4.90 Å². The Morgan fingerprint density at radius 1 is 0.818 bits per heavy atom. The highest BCUT2D eigenvalue weighted by Gasteiger charge is 2.18. The maximum absolute atomic E-state index is 6.25. The average molecular weight is 356 g/mol. The summed E-state index contributed by atoms with van der Waals surface area (Å²) in [6.07, 6.45) is 0. The molecule has 1 aliphatic rings. The van der Waals surface area contributed by atoms with Crippen LogP contribution in [0.25, 0.3) is 0 Å². The topological polar surface area (TPSA) is 6.48 Å². The second-order valence-corrected chi connectivity index (χ2v) is 6.76. The third kappa shape index (κ3) is 3.88. The zero-order valence-corrected chi connectivity index (χ0v) is 14.4. The fourth-order valence-electron chi connectivity index (χ4n) is 2.73. The maximum atomic E-state index is 6.25. The van der Waals surface area contributed by atoms with Crippen LogP contribution in [-0.4, -0.2) is 31.1 Å². The van der Waals surface area contributed by atoms with E-state index in [2.05, 4.69) is 15.9 Å². The maximum Gasteiger partial charge on any atom is 0.0465 e. The van der Waals surface area contributed by atoms with Crippen molar-refractivity contribution in [2.24, 2.45) is 0 Å². The highest BCUT2D eigenvalue weighted by atomic mass is 35.5. The molecule has 0 amide bonds. The summed E-state index contributed by atoms with van der Waals surface area (Å²) in [4.78, 5) is 4.78. The lowest BCUT2D eigenvalue weighted by Gasteiger charge is -2.36. The third-order valence-corrected chi connectivity index (χ3v) is 4.78. The molecule has 0 aliphatic carbocycles. The van der Waals surface area contributed by atoms with E-state index in [1.54, 1.807) is 6.07 Å². The van der Waals surface area contributed by atoms with Crippen molar-refractivity contribution in [3.63, 3.8) is 0 Å². The molecule has 1 fully saturated rings. The fraction of sp³-hybridized carbons (Fsp3) is 0.294. The van der Waals surface area contributed by atoms with Gasteiger partial charge in [-0.2, -0.15) is 0 Å². The number of rotatable bonds is 3. The molecule has 0 radical (unpaired) electrons. The summed E-state index contributed by atoms with van der Waals surface area (Å²) in [6, 6.07) is 13.7. The largest absolute Gasteiger partial charge is 0.369 e. The van der Waals surface area contributed by atoms with Gasteiger partial charge in [0.25, 0.3) is 0 Å². The number of hydrogen-bond donors (Lipinski definition) is 0. The van der Waals surface area contributed by atoms with Crippen LogP contribution < -0.4 is 4.90 Å². The van der Waals surface area contributed by atoms with Crippen LogP contribution in [0.15, 0.2) is 42.5 Å². The lowest BCUT2D eigenvalue weighted by Crippen LogP contribution is -2.46. The van der Waals surface area contributed by atoms with Gasteiger partial charge in [-0.05, 0) is 35.9 Å². The number of halogens is 3. The molecular weight excluding hydrogens is 339 g/mol. The van der Waals surface area contributed by atoms with Crippen LogP contribution in [-0.2, 0) is 6.54 Å². The van der Waals surface area contributed by atoms with Gasteiger partial charge in [0.1, 0.15) is 0 Å². The van der Waals surface area contributed by atoms with Crippen molar-refractivity contribution in [1.82, 2.24) is 4.90 Å². The minimum atomic E-state index is 0.680. The highest BCUT2D eigenvalue weighted by Crippen LogP contribution is 2.24. The van der Waals surface area contributed by atoms with Crippen molar-refractivity contribution in [1.29, 1.82) is 0 Å². The van der Waals surface area contributed by atoms with Crippen LogP contribution in [0.3, 0.4) is 0 Å². The van der Waals surface area contributed by atoms with Gasteiger partial charge in [-0.1, -0.05) is 46.9 Å². The van der Waals surface area contributed by atoms with Gasteiger partial charge in [0.15, 0.2) is 0 Å². The van der Waals surface area contributed by atoms with Crippen molar-refractivity contribution >= 4 is 40.5 Å². The van der Waals surface area contributed by atoms with E-state index in [9.17, 15) is 0 Å². The van der Waals surface area contributed by atoms with Crippen molar-refractivity contribution in [2.45, 2.75) is 6.54 Å². The van der Waals surface area contributed by atoms with E-state index in [4.69, 9.17) is 34.8 Å². The van der Waals surface area contributed by atoms with E-state index in [-0.39, 0.29) is 0 Å². The van der Waals surface area contributed by atoms with Gasteiger partial charge < -0.3 is 4.90 Å². The number of hydrogen-bond acceptors (Lipinski definition) is 2. The smallest absolute Gasteiger partial charge is 0.0465 e. The Kier molecular flexibility index (Phi) is 5.14. The van der Waals surface area contributed by atoms with E-state index in [0.717, 1.165) is 48.3 Å². The molecule has 0 atom stereocenters. The molecule has 3 rings (SSSR count). The molecule has 22 heavy (non-hydrogen) atoms. The first kappa shape index (κ1) is 15.9. The van der Waals surface area contributed by atoms with Gasteiger partial charge in [0.2, 0.25) is 0 Å². The standard InChI is InChI=1S/C17H17Cl3N2/c18-14-2-1-3-16(10-14)22-8-6-21(7-9-22)12-13-4-5-15(19)11-17(13)20/h1-5,10-11H,6-9,12H2. The highest BCUT2D eigenvalue weighted by molar-refractivity contribution is 6.35. The molecule has 0 saturated carbocycles. The average Bonchev–Trinajstić information content (AvgIpc) is 2.51. The Hall–Kier alpha value is -0.930. The second-order valence-electron chi connectivity index (χ2n) is 5.48. The molecular formula is C17H17Cl3N2. The van der Waals surface area contributed by atoms with E-state index >= 15 is 0 Å². The summed E-state index contributed by atoms with van der Waals surface area (Å²) in [6.45, 7) is 4.85. The van der Waals surface area contributed by atoms with E-state index in [1.807, 2.05) is 30.3 Å². The predicted molar refractivity (Wildman–Crippen MR) is 95.4 cm³/mol. The molecule has 1 aliphatic heterocycles. The zero-order chi connectivity index (χ0) is 15.5. The summed E-state index contributed by atoms with van der Waals surface area (Å²) in [5.74, 6) is 0. The van der Waals surface area contributed by atoms with Gasteiger partial charge >= 0.3 is 0 Å². The minimum Gasteiger partial charge on any atom is -0.369 e. The number of piperazine rings is 1. The molecule has 0 unspecified atom stereocenters. The van der Waals surface area contributed by atoms with E-state index in [1.165, 1.54) is 5.69 Å². The summed E-state index contributed by atoms with van der Waals surface area (Å²) in [7, 11) is 0. The Balaban J connectivity index is 1.60. The molecule has 1 heterocycles. The van der Waals surface area contributed by atoms with Crippen molar-refractivity contribution in [3.05, 3.63) is 63.1 Å². The monoisotopic (exact) mass is 354 g/mol. The lowest BCUT2D eigenvalue weighted by atomic mass is 10.2. The van der Waals surface area contributed by atoms with Crippen LogP contribution in [0.5, 0.6) is 0 Å². The SMILES string of the molecule is Clc1cccc(N2CCN(Cc3ccc(Cl)cc3Cl)CC2)c1. The molecule has 116 valence electrons. The van der Waals surface area contributed by atoms with Crippen molar-refractivity contribution in [3.8, 4) is 0 Å². The Morgan fingerprint density at radius 2 is 1.55 bits per heavy atom. The van der Waals surface area contributed by atoms with Gasteiger partial charge in [-0.15, -0.1) is 0 Å². The minimum absolute atomic E-state index is 0.680. The molecule has 2 aromatic rings. The normalized spacial score (nSPS) is 16.0. The summed E-state index contributed by atoms with van der Waals surface area (Å²) in [5.41, 5.74) is 2.32. The van der Waals surface area contributed by atoms with Crippen molar-refractivity contribution in [2.75, 3.05) is 31.1 Å². The summed E-state index contributed by atoms with van der Waals surface area (Å²) < 4.78 is 0. The Morgan fingerprint density at radius 3 is 2.23 bits per heavy atom. The first-order chi connectivity index (χ1) is 10.6. The van der Waals surface area contributed by atoms with E-state index < -0.39 is 0 Å². The van der Waals surface area contributed by atoms with E-state index in [0.29, 0.717) is 5.02 Å². The number of benzene rings is 2. The molecule has 2 aromatic carbocycles. The number of nitrogens with zero attached hydrogens (tertiary/aromatic N) is 2. The van der Waals surface area contributed by atoms with Gasteiger partial charge in [0, 0.05) is 53.5 Å². The first-order valence-corrected chi connectivity index (χ1v) is 8.42.